The molecule has 0 aromatic heterocycles. The number of alkyl halides is 2. The van der Waals surface area contributed by atoms with Gasteiger partial charge in [-0.15, -0.1) is 0 Å². The SMILES string of the molecule is COc1c(COC(=O)Nc2ccc(C(F)(F)c3ccccc3)cc2)ccc2c1C(=O)N(C1CCC(=O)NC1=O)C2. The number of nitrogens with one attached hydrogen (secondary N) is 2. The van der Waals surface area contributed by atoms with Gasteiger partial charge in [-0.2, -0.15) is 8.78 Å². The number of imide groups is 1. The zero-order chi connectivity index (χ0) is 28.4. The Morgan fingerprint density at radius 3 is 2.40 bits per heavy atom. The Hall–Kier alpha value is -4.80. The number of ether oxygens (including phenoxy) is 2. The Morgan fingerprint density at radius 2 is 1.73 bits per heavy atom. The molecule has 1 saturated heterocycles. The maximum absolute atomic E-state index is 14.8. The van der Waals surface area contributed by atoms with Crippen molar-refractivity contribution in [1.29, 1.82) is 0 Å². The van der Waals surface area contributed by atoms with Crippen LogP contribution in [-0.4, -0.2) is 41.9 Å². The third kappa shape index (κ3) is 5.09. The molecule has 11 heteroatoms. The first-order chi connectivity index (χ1) is 19.2. The number of hydrogen-bond acceptors (Lipinski definition) is 6. The number of hydrogen-bond donors (Lipinski definition) is 2. The van der Waals surface area contributed by atoms with Crippen LogP contribution in [0, 0.1) is 0 Å². The van der Waals surface area contributed by atoms with Crippen molar-refractivity contribution in [3.05, 3.63) is 94.5 Å². The van der Waals surface area contributed by atoms with Crippen LogP contribution in [0.25, 0.3) is 0 Å². The first-order valence-electron chi connectivity index (χ1n) is 12.5. The highest BCUT2D eigenvalue weighted by Gasteiger charge is 2.41. The largest absolute Gasteiger partial charge is 0.495 e. The van der Waals surface area contributed by atoms with Crippen molar-refractivity contribution in [3.8, 4) is 5.75 Å². The Morgan fingerprint density at radius 1 is 1.02 bits per heavy atom. The highest BCUT2D eigenvalue weighted by atomic mass is 19.3. The molecular formula is C29H25F2N3O6. The predicted molar refractivity (Wildman–Crippen MR) is 139 cm³/mol. The van der Waals surface area contributed by atoms with Gasteiger partial charge in [0.1, 0.15) is 18.4 Å². The molecule has 1 unspecified atom stereocenters. The number of benzene rings is 3. The second kappa shape index (κ2) is 10.8. The van der Waals surface area contributed by atoms with Crippen LogP contribution in [0.15, 0.2) is 66.7 Å². The third-order valence-corrected chi connectivity index (χ3v) is 6.92. The highest BCUT2D eigenvalue weighted by Crippen LogP contribution is 2.37. The number of anilines is 1. The summed E-state index contributed by atoms with van der Waals surface area (Å²) in [5.41, 5.74) is 1.23. The molecule has 4 amide bonds. The van der Waals surface area contributed by atoms with Crippen molar-refractivity contribution in [2.24, 2.45) is 0 Å². The molecule has 3 aromatic rings. The van der Waals surface area contributed by atoms with Crippen molar-refractivity contribution in [1.82, 2.24) is 10.2 Å². The Labute approximate surface area is 228 Å². The maximum Gasteiger partial charge on any atom is 0.411 e. The lowest BCUT2D eigenvalue weighted by molar-refractivity contribution is -0.136. The number of carbonyl (C=O) groups is 4. The van der Waals surface area contributed by atoms with Crippen LogP contribution >= 0.6 is 0 Å². The first-order valence-corrected chi connectivity index (χ1v) is 12.5. The van der Waals surface area contributed by atoms with Crippen molar-refractivity contribution in [3.63, 3.8) is 0 Å². The van der Waals surface area contributed by atoms with Crippen LogP contribution in [0.1, 0.15) is 45.5 Å². The zero-order valence-corrected chi connectivity index (χ0v) is 21.4. The van der Waals surface area contributed by atoms with Crippen LogP contribution in [0.5, 0.6) is 5.75 Å². The molecule has 1 fully saturated rings. The number of halogens is 2. The van der Waals surface area contributed by atoms with Crippen molar-refractivity contribution in [2.75, 3.05) is 12.4 Å². The Kier molecular flexibility index (Phi) is 7.20. The zero-order valence-electron chi connectivity index (χ0n) is 21.4. The first kappa shape index (κ1) is 26.8. The fourth-order valence-electron chi connectivity index (χ4n) is 4.88. The van der Waals surface area contributed by atoms with E-state index in [9.17, 15) is 28.0 Å². The predicted octanol–water partition coefficient (Wildman–Crippen LogP) is 4.35. The van der Waals surface area contributed by atoms with Crippen molar-refractivity contribution in [2.45, 2.75) is 38.0 Å². The van der Waals surface area contributed by atoms with E-state index >= 15 is 0 Å². The van der Waals surface area contributed by atoms with Crippen LogP contribution in [-0.2, 0) is 33.4 Å². The number of fused-ring (bicyclic) bond motifs is 1. The summed E-state index contributed by atoms with van der Waals surface area (Å²) in [6, 6.07) is 15.2. The van der Waals surface area contributed by atoms with E-state index in [4.69, 9.17) is 9.47 Å². The minimum atomic E-state index is -3.20. The van der Waals surface area contributed by atoms with Gasteiger partial charge in [-0.05, 0) is 24.1 Å². The second-order valence-corrected chi connectivity index (χ2v) is 9.41. The average Bonchev–Trinajstić information content (AvgIpc) is 3.28. The fourth-order valence-corrected chi connectivity index (χ4v) is 4.88. The molecule has 2 heterocycles. The smallest absolute Gasteiger partial charge is 0.411 e. The molecule has 0 spiro atoms. The molecule has 2 aliphatic heterocycles. The number of methoxy groups -OCH3 is 1. The van der Waals surface area contributed by atoms with Gasteiger partial charge in [-0.1, -0.05) is 54.6 Å². The van der Waals surface area contributed by atoms with E-state index in [0.717, 1.165) is 0 Å². The third-order valence-electron chi connectivity index (χ3n) is 6.92. The Bertz CT molecular complexity index is 1480. The van der Waals surface area contributed by atoms with E-state index < -0.39 is 29.9 Å². The van der Waals surface area contributed by atoms with E-state index in [1.807, 2.05) is 0 Å². The number of rotatable bonds is 7. The summed E-state index contributed by atoms with van der Waals surface area (Å²) in [6.45, 7) is -0.0596. The number of piperidine rings is 1. The summed E-state index contributed by atoms with van der Waals surface area (Å²) in [6.07, 6.45) is -0.463. The Balaban J connectivity index is 1.23. The van der Waals surface area contributed by atoms with Crippen LogP contribution < -0.4 is 15.4 Å². The van der Waals surface area contributed by atoms with Crippen LogP contribution in [0.2, 0.25) is 0 Å². The summed E-state index contributed by atoms with van der Waals surface area (Å²) >= 11 is 0. The lowest BCUT2D eigenvalue weighted by Crippen LogP contribution is -2.52. The molecule has 0 radical (unpaired) electrons. The topological polar surface area (TPSA) is 114 Å². The highest BCUT2D eigenvalue weighted by molar-refractivity contribution is 6.06. The standard InChI is InChI=1S/C29H25F2N3O6/c1-39-25-18(8-7-17-15-34(27(37)24(17)25)22-13-14-23(35)33-26(22)36)16-40-28(38)32-21-11-9-20(10-12-21)29(30,31)19-5-3-2-4-6-19/h2-12,22H,13-16H2,1H3,(H,32,38)(H,33,35,36). The second-order valence-electron chi connectivity index (χ2n) is 9.41. The van der Waals surface area contributed by atoms with Crippen LogP contribution in [0.4, 0.5) is 19.3 Å². The van der Waals surface area contributed by atoms with Crippen molar-refractivity contribution >= 4 is 29.5 Å². The summed E-state index contributed by atoms with van der Waals surface area (Å²) in [4.78, 5) is 50.9. The maximum atomic E-state index is 14.8. The van der Waals surface area contributed by atoms with Gasteiger partial charge >= 0.3 is 6.09 Å². The van der Waals surface area contributed by atoms with Gasteiger partial charge < -0.3 is 14.4 Å². The summed E-state index contributed by atoms with van der Waals surface area (Å²) in [7, 11) is 1.38. The summed E-state index contributed by atoms with van der Waals surface area (Å²) in [5, 5.41) is 4.75. The van der Waals surface area contributed by atoms with Crippen molar-refractivity contribution < 1.29 is 37.4 Å². The van der Waals surface area contributed by atoms with Gasteiger partial charge in [-0.3, -0.25) is 25.0 Å². The molecule has 206 valence electrons. The van der Waals surface area contributed by atoms with E-state index in [1.54, 1.807) is 18.2 Å². The lowest BCUT2D eigenvalue weighted by Gasteiger charge is -2.29. The van der Waals surface area contributed by atoms with E-state index in [2.05, 4.69) is 10.6 Å². The quantitative estimate of drug-likeness (QED) is 0.424. The monoisotopic (exact) mass is 549 g/mol. The molecule has 0 aliphatic carbocycles. The minimum Gasteiger partial charge on any atom is -0.495 e. The summed E-state index contributed by atoms with van der Waals surface area (Å²) in [5.74, 6) is -4.29. The molecule has 1 atom stereocenters. The van der Waals surface area contributed by atoms with Crippen LogP contribution in [0.3, 0.4) is 0 Å². The molecule has 0 saturated carbocycles. The summed E-state index contributed by atoms with van der Waals surface area (Å²) < 4.78 is 40.3. The molecule has 5 rings (SSSR count). The average molecular weight is 550 g/mol. The number of carbonyl (C=O) groups excluding carboxylic acids is 4. The van der Waals surface area contributed by atoms with E-state index in [0.29, 0.717) is 11.1 Å². The van der Waals surface area contributed by atoms with Gasteiger partial charge in [0.2, 0.25) is 11.8 Å². The van der Waals surface area contributed by atoms with Gasteiger partial charge in [-0.25, -0.2) is 4.79 Å². The van der Waals surface area contributed by atoms with Gasteiger partial charge in [0.15, 0.2) is 0 Å². The van der Waals surface area contributed by atoms with Gasteiger partial charge in [0.05, 0.1) is 12.7 Å². The number of nitrogens with zero attached hydrogens (tertiary/aromatic N) is 1. The molecule has 40 heavy (non-hydrogen) atoms. The minimum absolute atomic E-state index is 0.139. The number of amides is 4. The fraction of sp³-hybridized carbons (Fsp3) is 0.241. The lowest BCUT2D eigenvalue weighted by atomic mass is 10.0. The molecule has 0 bridgehead atoms. The van der Waals surface area contributed by atoms with E-state index in [-0.39, 0.29) is 60.0 Å². The van der Waals surface area contributed by atoms with E-state index in [1.165, 1.54) is 60.5 Å². The molecule has 3 aromatic carbocycles. The molecule has 2 N–H and O–H groups in total. The van der Waals surface area contributed by atoms with Gasteiger partial charge in [0.25, 0.3) is 11.8 Å². The van der Waals surface area contributed by atoms with Gasteiger partial charge in [0, 0.05) is 35.3 Å². The normalized spacial score (nSPS) is 16.8. The molecule has 2 aliphatic rings. The molecular weight excluding hydrogens is 524 g/mol. The molecule has 9 nitrogen and oxygen atoms in total.